The first-order valence-corrected chi connectivity index (χ1v) is 23.2. The molecule has 3 aromatic carbocycles. The van der Waals surface area contributed by atoms with Crippen LogP contribution >= 0.6 is 11.3 Å². The van der Waals surface area contributed by atoms with Gasteiger partial charge < -0.3 is 44.3 Å². The van der Waals surface area contributed by atoms with Crippen LogP contribution in [0.3, 0.4) is 0 Å². The molecule has 0 radical (unpaired) electrons. The van der Waals surface area contributed by atoms with E-state index in [4.69, 9.17) is 23.7 Å². The molecule has 1 aliphatic heterocycles. The molecule has 4 aliphatic rings. The molecule has 2 heterocycles. The number of nitroso groups, excluding NO2 is 1. The molecule has 1 aromatic heterocycles. The van der Waals surface area contributed by atoms with Crippen molar-refractivity contribution in [1.29, 1.82) is 0 Å². The van der Waals surface area contributed by atoms with Gasteiger partial charge in [-0.25, -0.2) is 9.59 Å². The Bertz CT molecular complexity index is 2610. The number of carbonyl (C=O) groups excluding carboxylic acids is 6. The summed E-state index contributed by atoms with van der Waals surface area (Å²) in [6, 6.07) is 26.4. The summed E-state index contributed by atoms with van der Waals surface area (Å²) in [7, 11) is 0. The largest absolute Gasteiger partial charge is 0.456 e. The normalized spacial score (nSPS) is 29.5. The summed E-state index contributed by atoms with van der Waals surface area (Å²) in [5.41, 5.74) is -7.02. The zero-order chi connectivity index (χ0) is 50.1. The third kappa shape index (κ3) is 9.26. The van der Waals surface area contributed by atoms with E-state index in [0.29, 0.717) is 10.6 Å². The highest BCUT2D eigenvalue weighted by atomic mass is 32.1. The van der Waals surface area contributed by atoms with Crippen molar-refractivity contribution < 1.29 is 67.8 Å². The molecule has 1 saturated heterocycles. The number of nitrogens with one attached hydrogen (secondary N) is 1. The Labute approximate surface area is 401 Å². The number of benzene rings is 3. The van der Waals surface area contributed by atoms with Crippen LogP contribution < -0.4 is 5.32 Å². The number of aliphatic hydroxyl groups is 3. The highest BCUT2D eigenvalue weighted by Crippen LogP contribution is 2.64. The van der Waals surface area contributed by atoms with Crippen molar-refractivity contribution in [2.75, 3.05) is 6.61 Å². The van der Waals surface area contributed by atoms with E-state index in [2.05, 4.69) is 10.5 Å². The summed E-state index contributed by atoms with van der Waals surface area (Å²) < 4.78 is 30.3. The third-order valence-electron chi connectivity index (χ3n) is 14.1. The van der Waals surface area contributed by atoms with Crippen molar-refractivity contribution in [3.05, 3.63) is 141 Å². The summed E-state index contributed by atoms with van der Waals surface area (Å²) in [5, 5.41) is 45.3. The molecule has 3 aliphatic carbocycles. The molecular formula is C51H54N2O15S. The fourth-order valence-corrected chi connectivity index (χ4v) is 11.0. The van der Waals surface area contributed by atoms with Crippen molar-refractivity contribution in [2.45, 2.75) is 108 Å². The Morgan fingerprint density at radius 3 is 1.97 bits per heavy atom. The lowest BCUT2D eigenvalue weighted by atomic mass is 9.44. The van der Waals surface area contributed by atoms with Gasteiger partial charge in [0.05, 0.1) is 35.6 Å². The summed E-state index contributed by atoms with van der Waals surface area (Å²) in [4.78, 5) is 93.1. The molecule has 4 aromatic rings. The summed E-state index contributed by atoms with van der Waals surface area (Å²) in [6.07, 6.45) is -10.5. The molecule has 2 bridgehead atoms. The van der Waals surface area contributed by atoms with Crippen molar-refractivity contribution in [1.82, 2.24) is 5.32 Å². The number of rotatable bonds is 11. The minimum Gasteiger partial charge on any atom is -0.456 e. The lowest BCUT2D eigenvalue weighted by Gasteiger charge is -2.67. The van der Waals surface area contributed by atoms with Gasteiger partial charge in [-0.1, -0.05) is 80.6 Å². The van der Waals surface area contributed by atoms with Crippen LogP contribution in [0.25, 0.3) is 0 Å². The van der Waals surface area contributed by atoms with E-state index in [9.17, 15) is 44.2 Å². The number of aliphatic hydroxyl groups excluding tert-OH is 2. The average Bonchev–Trinajstić information content (AvgIpc) is 3.87. The number of thiophene rings is 1. The highest BCUT2D eigenvalue weighted by molar-refractivity contribution is 7.13. The van der Waals surface area contributed by atoms with Gasteiger partial charge in [-0.05, 0) is 77.5 Å². The van der Waals surface area contributed by atoms with Gasteiger partial charge in [-0.2, -0.15) is 0 Å². The Hall–Kier alpha value is -6.44. The van der Waals surface area contributed by atoms with Gasteiger partial charge in [0.2, 0.25) is 0 Å². The van der Waals surface area contributed by atoms with Crippen molar-refractivity contribution in [2.24, 2.45) is 21.9 Å². The molecule has 364 valence electrons. The van der Waals surface area contributed by atoms with E-state index in [1.807, 2.05) is 5.38 Å². The number of ether oxygens (including phenoxy) is 5. The number of ketones is 1. The molecule has 3 fully saturated rings. The predicted octanol–water partition coefficient (Wildman–Crippen LogP) is 5.88. The zero-order valence-electron chi connectivity index (χ0n) is 38.7. The quantitative estimate of drug-likeness (QED) is 0.0593. The molecular weight excluding hydrogens is 913 g/mol. The minimum absolute atomic E-state index is 0.00289. The van der Waals surface area contributed by atoms with Crippen LogP contribution in [-0.2, 0) is 42.9 Å². The minimum atomic E-state index is -2.39. The monoisotopic (exact) mass is 966 g/mol. The van der Waals surface area contributed by atoms with E-state index < -0.39 is 113 Å². The van der Waals surface area contributed by atoms with Gasteiger partial charge in [0.1, 0.15) is 23.9 Å². The smallest absolute Gasteiger partial charge is 0.338 e. The highest BCUT2D eigenvalue weighted by Gasteiger charge is 2.78. The Morgan fingerprint density at radius 1 is 0.841 bits per heavy atom. The molecule has 0 unspecified atom stereocenters. The van der Waals surface area contributed by atoms with E-state index >= 15 is 4.79 Å². The number of carbonyl (C=O) groups is 6. The fourth-order valence-electron chi connectivity index (χ4n) is 10.5. The van der Waals surface area contributed by atoms with Crippen molar-refractivity contribution in [3.8, 4) is 0 Å². The zero-order valence-corrected chi connectivity index (χ0v) is 39.5. The van der Waals surface area contributed by atoms with Crippen LogP contribution in [-0.4, -0.2) is 105 Å². The van der Waals surface area contributed by atoms with Gasteiger partial charge in [0.25, 0.3) is 5.91 Å². The van der Waals surface area contributed by atoms with Crippen molar-refractivity contribution in [3.63, 3.8) is 0 Å². The van der Waals surface area contributed by atoms with Crippen LogP contribution in [0.4, 0.5) is 5.00 Å². The summed E-state index contributed by atoms with van der Waals surface area (Å²) in [5.74, 6) is -6.84. The Kier molecular flexibility index (Phi) is 14.5. The SMILES string of the molecule is CC(=O)O[C@H]1C(=O)[C@@]2(C)[C@H]([C@H](OC(=O)c3ccccc3)[C@]3(O)C[C@H](OC(=O)[C@H](O)[C@@H](NC(=O)c4ccccc4)c4ccccc4)C(C)=C1C3(C)C)[C@]1(OC(C)=O)CO[C@@H]1C[C@@H]2O.O=Nc1cccs1. The standard InChI is InChI=1S/C47H51NO14.C4H3NOS/c1-25-31(60-43(56)36(52)35(28-16-10-7-11-17-28)48-41(54)29-18-12-8-13-19-29)23-47(57)40(61-42(55)30-20-14-9-15-21-30)38-45(6,32(51)22-33-46(38,24-58-33)62-27(3)50)39(53)37(59-26(2)49)34(25)44(47,4)5;6-5-4-2-1-3-7-4/h7-21,31-33,35-38,40,51-52,57H,22-24H2,1-6H3,(H,48,54);1-3H/t31-,32-,33+,35-,36+,37+,38-,40-,45+,46-,47+;/m0./s1. The maximum Gasteiger partial charge on any atom is 0.338 e. The Morgan fingerprint density at radius 2 is 1.45 bits per heavy atom. The van der Waals surface area contributed by atoms with E-state index in [0.717, 1.165) is 13.8 Å². The first-order chi connectivity index (χ1) is 32.7. The first kappa shape index (κ1) is 50.4. The van der Waals surface area contributed by atoms with Crippen LogP contribution in [0.1, 0.15) is 86.7 Å². The second kappa shape index (κ2) is 19.9. The van der Waals surface area contributed by atoms with Gasteiger partial charge in [0, 0.05) is 37.7 Å². The first-order valence-electron chi connectivity index (χ1n) is 22.3. The second-order valence-electron chi connectivity index (χ2n) is 18.4. The van der Waals surface area contributed by atoms with Crippen LogP contribution in [0, 0.1) is 21.7 Å². The predicted molar refractivity (Wildman–Crippen MR) is 247 cm³/mol. The van der Waals surface area contributed by atoms with Crippen LogP contribution in [0.15, 0.2) is 125 Å². The van der Waals surface area contributed by atoms with E-state index in [1.165, 1.54) is 37.3 Å². The molecule has 8 rings (SSSR count). The second-order valence-corrected chi connectivity index (χ2v) is 19.3. The number of Topliss-reactive ketones (excluding diaryl/α,β-unsaturated/α-hetero) is 1. The topological polar surface area (TPSA) is 251 Å². The fraction of sp³-hybridized carbons (Fsp3) is 0.412. The van der Waals surface area contributed by atoms with E-state index in [1.54, 1.807) is 105 Å². The van der Waals surface area contributed by atoms with Gasteiger partial charge >= 0.3 is 23.9 Å². The molecule has 4 N–H and O–H groups in total. The molecule has 1 amide bonds. The van der Waals surface area contributed by atoms with Gasteiger partial charge in [-0.3, -0.25) is 19.2 Å². The molecule has 18 heteroatoms. The average molecular weight is 967 g/mol. The molecule has 17 nitrogen and oxygen atoms in total. The lowest BCUT2D eigenvalue weighted by molar-refractivity contribution is -0.346. The van der Waals surface area contributed by atoms with Gasteiger partial charge in [0.15, 0.2) is 28.6 Å². The molecule has 2 saturated carbocycles. The number of nitrogens with zero attached hydrogens (tertiary/aromatic N) is 1. The molecule has 0 spiro atoms. The lowest BCUT2D eigenvalue weighted by Crippen LogP contribution is -2.82. The maximum absolute atomic E-state index is 15.5. The Balaban J connectivity index is 0.000000921. The van der Waals surface area contributed by atoms with Crippen molar-refractivity contribution >= 4 is 51.9 Å². The third-order valence-corrected chi connectivity index (χ3v) is 14.8. The number of amides is 1. The van der Waals surface area contributed by atoms with Crippen LogP contribution in [0.5, 0.6) is 0 Å². The summed E-state index contributed by atoms with van der Waals surface area (Å²) >= 11 is 1.34. The maximum atomic E-state index is 15.5. The van der Waals surface area contributed by atoms with Gasteiger partial charge in [-0.15, -0.1) is 16.2 Å². The number of hydrogen-bond acceptors (Lipinski definition) is 17. The van der Waals surface area contributed by atoms with E-state index in [-0.39, 0.29) is 35.3 Å². The molecule has 11 atom stereocenters. The number of fused-ring (bicyclic) bond motifs is 5. The molecule has 69 heavy (non-hydrogen) atoms. The van der Waals surface area contributed by atoms with Crippen LogP contribution in [0.2, 0.25) is 0 Å². The number of esters is 4. The number of hydrogen-bond donors (Lipinski definition) is 4. The summed E-state index contributed by atoms with van der Waals surface area (Å²) in [6.45, 7) is 7.97.